The number of phenolic OH excluding ortho intramolecular Hbond substituents is 2. The van der Waals surface area contributed by atoms with Crippen LogP contribution in [0, 0.1) is 0 Å². The van der Waals surface area contributed by atoms with E-state index in [-0.39, 0.29) is 17.4 Å². The van der Waals surface area contributed by atoms with Gasteiger partial charge in [-0.1, -0.05) is 0 Å². The van der Waals surface area contributed by atoms with Gasteiger partial charge in [0.1, 0.15) is 11.5 Å². The van der Waals surface area contributed by atoms with E-state index in [1.807, 2.05) is 0 Å². The quantitative estimate of drug-likeness (QED) is 0.507. The van der Waals surface area contributed by atoms with E-state index in [1.165, 1.54) is 24.4 Å². The van der Waals surface area contributed by atoms with E-state index in [1.54, 1.807) is 0 Å². The molecular weight excluding hydrogens is 182 g/mol. The van der Waals surface area contributed by atoms with Crippen LogP contribution in [0.15, 0.2) is 24.4 Å². The molecule has 2 aromatic rings. The number of hydrogen-bond acceptors (Lipinski definition) is 4. The Labute approximate surface area is 79.8 Å². The summed E-state index contributed by atoms with van der Waals surface area (Å²) < 4.78 is 0. The number of aromatic amines is 1. The number of anilines is 1. The highest BCUT2D eigenvalue weighted by molar-refractivity contribution is 5.68. The van der Waals surface area contributed by atoms with Gasteiger partial charge in [-0.2, -0.15) is 0 Å². The van der Waals surface area contributed by atoms with Crippen molar-refractivity contribution in [1.82, 2.24) is 9.97 Å². The number of nitrogens with two attached hydrogens (primary N) is 1. The minimum Gasteiger partial charge on any atom is -0.508 e. The Morgan fingerprint density at radius 1 is 1.29 bits per heavy atom. The third-order valence-electron chi connectivity index (χ3n) is 1.87. The van der Waals surface area contributed by atoms with Crippen molar-refractivity contribution in [3.8, 4) is 22.8 Å². The number of hydrogen-bond donors (Lipinski definition) is 4. The molecule has 1 heterocycles. The molecule has 5 N–H and O–H groups in total. The average molecular weight is 191 g/mol. The van der Waals surface area contributed by atoms with Crippen LogP contribution in [0.1, 0.15) is 0 Å². The molecule has 5 heteroatoms. The summed E-state index contributed by atoms with van der Waals surface area (Å²) in [5.74, 6) is 0.403. The van der Waals surface area contributed by atoms with Gasteiger partial charge >= 0.3 is 0 Å². The molecule has 0 saturated carbocycles. The predicted molar refractivity (Wildman–Crippen MR) is 51.8 cm³/mol. The second-order valence-corrected chi connectivity index (χ2v) is 2.88. The molecule has 2 rings (SSSR count). The largest absolute Gasteiger partial charge is 0.508 e. The smallest absolute Gasteiger partial charge is 0.197 e. The van der Waals surface area contributed by atoms with Crippen molar-refractivity contribution in [2.24, 2.45) is 0 Å². The van der Waals surface area contributed by atoms with E-state index in [2.05, 4.69) is 9.97 Å². The fraction of sp³-hybridized carbons (Fsp3) is 0. The van der Waals surface area contributed by atoms with Gasteiger partial charge in [0, 0.05) is 5.56 Å². The second-order valence-electron chi connectivity index (χ2n) is 2.88. The number of rotatable bonds is 1. The highest BCUT2D eigenvalue weighted by Crippen LogP contribution is 2.30. The first-order chi connectivity index (χ1) is 6.66. The predicted octanol–water partition coefficient (Wildman–Crippen LogP) is 1.07. The van der Waals surface area contributed by atoms with Crippen molar-refractivity contribution in [3.05, 3.63) is 24.4 Å². The van der Waals surface area contributed by atoms with Gasteiger partial charge in [-0.3, -0.25) is 0 Å². The van der Waals surface area contributed by atoms with Crippen LogP contribution in [0.4, 0.5) is 5.95 Å². The van der Waals surface area contributed by atoms with Crippen LogP contribution in [-0.2, 0) is 0 Å². The van der Waals surface area contributed by atoms with Crippen molar-refractivity contribution in [3.63, 3.8) is 0 Å². The summed E-state index contributed by atoms with van der Waals surface area (Å²) in [4.78, 5) is 6.55. The highest BCUT2D eigenvalue weighted by atomic mass is 16.3. The maximum atomic E-state index is 9.50. The fourth-order valence-electron chi connectivity index (χ4n) is 1.21. The Morgan fingerprint density at radius 3 is 2.71 bits per heavy atom. The summed E-state index contributed by atoms with van der Waals surface area (Å²) in [5, 5.41) is 18.7. The minimum absolute atomic E-state index is 0.0615. The molecule has 0 saturated heterocycles. The van der Waals surface area contributed by atoms with E-state index in [9.17, 15) is 10.2 Å². The Kier molecular flexibility index (Phi) is 1.78. The molecular formula is C9H9N3O2. The van der Waals surface area contributed by atoms with Crippen molar-refractivity contribution in [2.45, 2.75) is 0 Å². The number of nitrogens with one attached hydrogen (secondary N) is 1. The normalized spacial score (nSPS) is 10.3. The van der Waals surface area contributed by atoms with Gasteiger partial charge in [0.15, 0.2) is 5.95 Å². The first-order valence-electron chi connectivity index (χ1n) is 3.99. The monoisotopic (exact) mass is 191 g/mol. The third kappa shape index (κ3) is 1.35. The number of phenols is 2. The molecule has 72 valence electrons. The molecule has 5 nitrogen and oxygen atoms in total. The number of benzene rings is 1. The topological polar surface area (TPSA) is 95.2 Å². The average Bonchev–Trinajstić information content (AvgIpc) is 2.56. The number of nitrogen functional groups attached to an aromatic ring is 1. The number of nitrogens with zero attached hydrogens (tertiary/aromatic N) is 1. The van der Waals surface area contributed by atoms with Crippen molar-refractivity contribution in [2.75, 3.05) is 5.73 Å². The lowest BCUT2D eigenvalue weighted by Gasteiger charge is -2.01. The molecule has 1 aromatic heterocycles. The lowest BCUT2D eigenvalue weighted by Crippen LogP contribution is -1.85. The SMILES string of the molecule is Nc1ncc(-c2cc(O)ccc2O)[nH]1. The van der Waals surface area contributed by atoms with Gasteiger partial charge < -0.3 is 20.9 Å². The second kappa shape index (κ2) is 2.95. The van der Waals surface area contributed by atoms with Crippen molar-refractivity contribution in [1.29, 1.82) is 0 Å². The molecule has 0 atom stereocenters. The maximum Gasteiger partial charge on any atom is 0.197 e. The number of imidazole rings is 1. The van der Waals surface area contributed by atoms with Crippen LogP contribution < -0.4 is 5.73 Å². The molecule has 14 heavy (non-hydrogen) atoms. The zero-order valence-corrected chi connectivity index (χ0v) is 7.23. The summed E-state index contributed by atoms with van der Waals surface area (Å²) in [6.07, 6.45) is 1.49. The molecule has 0 radical (unpaired) electrons. The Bertz CT molecular complexity index is 465. The van der Waals surface area contributed by atoms with Crippen molar-refractivity contribution >= 4 is 5.95 Å². The van der Waals surface area contributed by atoms with Crippen LogP contribution in [0.5, 0.6) is 11.5 Å². The third-order valence-corrected chi connectivity index (χ3v) is 1.87. The van der Waals surface area contributed by atoms with Gasteiger partial charge in [-0.15, -0.1) is 0 Å². The Balaban J connectivity index is 2.55. The van der Waals surface area contributed by atoms with Crippen molar-refractivity contribution < 1.29 is 10.2 Å². The van der Waals surface area contributed by atoms with E-state index < -0.39 is 0 Å². The first kappa shape index (κ1) is 8.43. The van der Waals surface area contributed by atoms with E-state index in [0.717, 1.165) is 0 Å². The number of aromatic hydroxyl groups is 2. The van der Waals surface area contributed by atoms with Crippen LogP contribution in [0.2, 0.25) is 0 Å². The van der Waals surface area contributed by atoms with Gasteiger partial charge in [0.05, 0.1) is 11.9 Å². The summed E-state index contributed by atoms with van der Waals surface area (Å²) >= 11 is 0. The molecule has 0 bridgehead atoms. The summed E-state index contributed by atoms with van der Waals surface area (Å²) in [5.41, 5.74) is 6.43. The summed E-state index contributed by atoms with van der Waals surface area (Å²) in [7, 11) is 0. The van der Waals surface area contributed by atoms with Gasteiger partial charge in [-0.05, 0) is 18.2 Å². The van der Waals surface area contributed by atoms with E-state index >= 15 is 0 Å². The molecule has 0 spiro atoms. The molecule has 0 fully saturated rings. The Morgan fingerprint density at radius 2 is 2.07 bits per heavy atom. The Hall–Kier alpha value is -2.17. The molecule has 0 aliphatic carbocycles. The number of H-pyrrole nitrogens is 1. The first-order valence-corrected chi connectivity index (χ1v) is 3.99. The minimum atomic E-state index is 0.0615. The summed E-state index contributed by atoms with van der Waals surface area (Å²) in [6.45, 7) is 0. The fourth-order valence-corrected chi connectivity index (χ4v) is 1.21. The molecule has 0 unspecified atom stereocenters. The maximum absolute atomic E-state index is 9.50. The molecule has 0 amide bonds. The zero-order chi connectivity index (χ0) is 10.1. The van der Waals surface area contributed by atoms with Crippen LogP contribution in [-0.4, -0.2) is 20.2 Å². The van der Waals surface area contributed by atoms with Crippen LogP contribution in [0.25, 0.3) is 11.3 Å². The zero-order valence-electron chi connectivity index (χ0n) is 7.23. The van der Waals surface area contributed by atoms with E-state index in [4.69, 9.17) is 5.73 Å². The lowest BCUT2D eigenvalue weighted by atomic mass is 10.1. The standard InChI is InChI=1S/C9H9N3O2/c10-9-11-4-7(12-9)6-3-5(13)1-2-8(6)14/h1-4,13-14H,(H3,10,11,12). The highest BCUT2D eigenvalue weighted by Gasteiger charge is 2.07. The molecule has 1 aromatic carbocycles. The molecule has 0 aliphatic rings. The summed E-state index contributed by atoms with van der Waals surface area (Å²) in [6, 6.07) is 4.24. The van der Waals surface area contributed by atoms with Gasteiger partial charge in [0.25, 0.3) is 0 Å². The number of aromatic nitrogens is 2. The van der Waals surface area contributed by atoms with Crippen LogP contribution in [0.3, 0.4) is 0 Å². The lowest BCUT2D eigenvalue weighted by molar-refractivity contribution is 0.462. The van der Waals surface area contributed by atoms with Gasteiger partial charge in [-0.25, -0.2) is 4.98 Å². The van der Waals surface area contributed by atoms with Gasteiger partial charge in [0.2, 0.25) is 0 Å². The molecule has 0 aliphatic heterocycles. The van der Waals surface area contributed by atoms with E-state index in [0.29, 0.717) is 11.3 Å². The van der Waals surface area contributed by atoms with Crippen LogP contribution >= 0.6 is 0 Å².